The minimum Gasteiger partial charge on any atom is -0.305 e. The number of hydrogen-bond acceptors (Lipinski definition) is 2. The van der Waals surface area contributed by atoms with Crippen LogP contribution in [0.15, 0.2) is 41.1 Å². The van der Waals surface area contributed by atoms with Crippen LogP contribution in [0, 0.1) is 11.8 Å². The molecular formula is C26H44N2. The number of rotatable bonds is 10. The van der Waals surface area contributed by atoms with Crippen LogP contribution in [0.25, 0.3) is 0 Å². The Hall–Kier alpha value is -1.70. The van der Waals surface area contributed by atoms with Gasteiger partial charge < -0.3 is 10.9 Å². The van der Waals surface area contributed by atoms with Crippen LogP contribution in [-0.2, 0) is 0 Å². The monoisotopic (exact) mass is 384 g/mol. The lowest BCUT2D eigenvalue weighted by Gasteiger charge is -2.26. The molecule has 0 atom stereocenters. The van der Waals surface area contributed by atoms with Gasteiger partial charge in [0.15, 0.2) is 0 Å². The van der Waals surface area contributed by atoms with Crippen LogP contribution in [0.5, 0.6) is 0 Å². The summed E-state index contributed by atoms with van der Waals surface area (Å²) in [7, 11) is 0. The second-order valence-corrected chi connectivity index (χ2v) is 9.08. The highest BCUT2D eigenvalue weighted by Gasteiger charge is 2.16. The Morgan fingerprint density at radius 3 is 1.79 bits per heavy atom. The van der Waals surface area contributed by atoms with Crippen LogP contribution in [0.2, 0.25) is 0 Å². The van der Waals surface area contributed by atoms with Crippen molar-refractivity contribution in [1.29, 1.82) is 0 Å². The molecule has 0 fully saturated rings. The van der Waals surface area contributed by atoms with E-state index in [2.05, 4.69) is 104 Å². The van der Waals surface area contributed by atoms with Gasteiger partial charge in [0.25, 0.3) is 0 Å². The lowest BCUT2D eigenvalue weighted by molar-refractivity contribution is 0.665. The molecule has 0 spiro atoms. The van der Waals surface area contributed by atoms with Gasteiger partial charge in [0.2, 0.25) is 0 Å². The zero-order chi connectivity index (χ0) is 21.4. The topological polar surface area (TPSA) is 24.1 Å². The predicted molar refractivity (Wildman–Crippen MR) is 127 cm³/mol. The van der Waals surface area contributed by atoms with E-state index < -0.39 is 0 Å². The first-order chi connectivity index (χ1) is 13.1. The first kappa shape index (κ1) is 24.3. The molecule has 0 heterocycles. The third-order valence-electron chi connectivity index (χ3n) is 5.67. The van der Waals surface area contributed by atoms with E-state index in [1.54, 1.807) is 0 Å². The molecule has 0 unspecified atom stereocenters. The van der Waals surface area contributed by atoms with Crippen molar-refractivity contribution < 1.29 is 0 Å². The van der Waals surface area contributed by atoms with Crippen molar-refractivity contribution in [3.8, 4) is 0 Å². The third-order valence-corrected chi connectivity index (χ3v) is 5.67. The Labute approximate surface area is 174 Å². The molecule has 0 bridgehead atoms. The summed E-state index contributed by atoms with van der Waals surface area (Å²) >= 11 is 0. The van der Waals surface area contributed by atoms with Gasteiger partial charge in [-0.2, -0.15) is 0 Å². The molecule has 2 heteroatoms. The maximum absolute atomic E-state index is 3.67. The predicted octanol–water partition coefficient (Wildman–Crippen LogP) is 8.16. The van der Waals surface area contributed by atoms with Gasteiger partial charge in [-0.05, 0) is 53.7 Å². The van der Waals surface area contributed by atoms with E-state index in [1.807, 2.05) is 0 Å². The van der Waals surface area contributed by atoms with E-state index in [9.17, 15) is 0 Å². The molecule has 0 aliphatic rings. The Bertz CT molecular complexity index is 649. The molecule has 2 nitrogen and oxygen atoms in total. The molecule has 1 aromatic carbocycles. The number of benzene rings is 1. The lowest BCUT2D eigenvalue weighted by atomic mass is 9.91. The maximum Gasteiger partial charge on any atom is 0.0608 e. The SMILES string of the molecule is C/C=C(\C/C(NNc1c(C(C)C)cccc1C(C)C)=C(\CC)C(C)C)C(C)C. The minimum atomic E-state index is 0.480. The van der Waals surface area contributed by atoms with E-state index in [4.69, 9.17) is 0 Å². The number of hydrogen-bond donors (Lipinski definition) is 2. The molecule has 0 aliphatic heterocycles. The summed E-state index contributed by atoms with van der Waals surface area (Å²) in [6.45, 7) is 22.7. The van der Waals surface area contributed by atoms with Crippen LogP contribution in [0.4, 0.5) is 5.69 Å². The van der Waals surface area contributed by atoms with Gasteiger partial charge >= 0.3 is 0 Å². The van der Waals surface area contributed by atoms with E-state index in [0.29, 0.717) is 23.7 Å². The molecule has 0 aromatic heterocycles. The zero-order valence-corrected chi connectivity index (χ0v) is 20.0. The maximum atomic E-state index is 3.67. The normalized spacial score (nSPS) is 13.6. The summed E-state index contributed by atoms with van der Waals surface area (Å²) in [5.74, 6) is 2.05. The van der Waals surface area contributed by atoms with Crippen molar-refractivity contribution in [3.05, 3.63) is 52.2 Å². The van der Waals surface area contributed by atoms with Crippen LogP contribution in [0.3, 0.4) is 0 Å². The highest BCUT2D eigenvalue weighted by atomic mass is 15.4. The molecule has 0 aliphatic carbocycles. The fourth-order valence-electron chi connectivity index (χ4n) is 3.89. The standard InChI is InChI=1S/C26H44N2/c1-11-21(17(3)4)16-25(22(12-2)18(5)6)27-28-26-23(19(7)8)14-13-15-24(26)20(9)10/h11,13-15,17-20,27-28H,12,16H2,1-10H3/b21-11+,25-22-. The summed E-state index contributed by atoms with van der Waals surface area (Å²) in [6, 6.07) is 6.69. The van der Waals surface area contributed by atoms with Crippen molar-refractivity contribution in [2.45, 2.75) is 93.9 Å². The van der Waals surface area contributed by atoms with Crippen molar-refractivity contribution in [2.75, 3.05) is 5.43 Å². The van der Waals surface area contributed by atoms with Gasteiger partial charge in [0, 0.05) is 12.1 Å². The highest BCUT2D eigenvalue weighted by molar-refractivity contribution is 5.60. The molecule has 1 rings (SSSR count). The fourth-order valence-corrected chi connectivity index (χ4v) is 3.89. The lowest BCUT2D eigenvalue weighted by Crippen LogP contribution is -2.26. The number of hydrazine groups is 1. The Balaban J connectivity index is 3.33. The highest BCUT2D eigenvalue weighted by Crippen LogP contribution is 2.33. The van der Waals surface area contributed by atoms with Gasteiger partial charge in [0.1, 0.15) is 0 Å². The summed E-state index contributed by atoms with van der Waals surface area (Å²) in [5, 5.41) is 0. The zero-order valence-electron chi connectivity index (χ0n) is 20.0. The number of allylic oxidation sites excluding steroid dienone is 3. The van der Waals surface area contributed by atoms with Gasteiger partial charge in [-0.15, -0.1) is 0 Å². The largest absolute Gasteiger partial charge is 0.305 e. The van der Waals surface area contributed by atoms with Gasteiger partial charge in [-0.3, -0.25) is 0 Å². The molecule has 2 N–H and O–H groups in total. The fraction of sp³-hybridized carbons (Fsp3) is 0.615. The average molecular weight is 385 g/mol. The molecule has 1 aromatic rings. The third kappa shape index (κ3) is 6.43. The van der Waals surface area contributed by atoms with Crippen molar-refractivity contribution in [3.63, 3.8) is 0 Å². The average Bonchev–Trinajstić information content (AvgIpc) is 2.62. The molecule has 0 radical (unpaired) electrons. The first-order valence-corrected chi connectivity index (χ1v) is 11.2. The summed E-state index contributed by atoms with van der Waals surface area (Å²) in [4.78, 5) is 0. The number of anilines is 1. The Morgan fingerprint density at radius 2 is 1.43 bits per heavy atom. The van der Waals surface area contributed by atoms with Crippen molar-refractivity contribution in [1.82, 2.24) is 5.43 Å². The van der Waals surface area contributed by atoms with Crippen molar-refractivity contribution >= 4 is 5.69 Å². The quantitative estimate of drug-likeness (QED) is 0.314. The van der Waals surface area contributed by atoms with Gasteiger partial charge in [-0.1, -0.05) is 92.2 Å². The molecular weight excluding hydrogens is 340 g/mol. The summed E-state index contributed by atoms with van der Waals surface area (Å²) in [6.07, 6.45) is 4.32. The van der Waals surface area contributed by atoms with E-state index in [-0.39, 0.29) is 0 Å². The minimum absolute atomic E-state index is 0.480. The second kappa shape index (κ2) is 11.3. The van der Waals surface area contributed by atoms with Crippen LogP contribution >= 0.6 is 0 Å². The molecule has 0 saturated heterocycles. The second-order valence-electron chi connectivity index (χ2n) is 9.08. The molecule has 158 valence electrons. The van der Waals surface area contributed by atoms with E-state index >= 15 is 0 Å². The molecule has 0 saturated carbocycles. The smallest absolute Gasteiger partial charge is 0.0608 e. The van der Waals surface area contributed by atoms with Crippen LogP contribution in [-0.4, -0.2) is 0 Å². The van der Waals surface area contributed by atoms with E-state index in [1.165, 1.54) is 33.7 Å². The first-order valence-electron chi connectivity index (χ1n) is 11.2. The molecule has 28 heavy (non-hydrogen) atoms. The molecule has 0 amide bonds. The summed E-state index contributed by atoms with van der Waals surface area (Å²) < 4.78 is 0. The number of nitrogens with one attached hydrogen (secondary N) is 2. The van der Waals surface area contributed by atoms with Crippen LogP contribution in [0.1, 0.15) is 105 Å². The Morgan fingerprint density at radius 1 is 0.893 bits per heavy atom. The summed E-state index contributed by atoms with van der Waals surface area (Å²) in [5.41, 5.74) is 15.6. The Kier molecular flexibility index (Phi) is 9.85. The number of para-hydroxylation sites is 1. The van der Waals surface area contributed by atoms with E-state index in [0.717, 1.165) is 12.8 Å². The van der Waals surface area contributed by atoms with Crippen molar-refractivity contribution in [2.24, 2.45) is 11.8 Å². The van der Waals surface area contributed by atoms with Crippen LogP contribution < -0.4 is 10.9 Å². The van der Waals surface area contributed by atoms with Gasteiger partial charge in [-0.25, -0.2) is 0 Å². The van der Waals surface area contributed by atoms with Gasteiger partial charge in [0.05, 0.1) is 5.69 Å².